The van der Waals surface area contributed by atoms with E-state index in [0.29, 0.717) is 5.56 Å². The van der Waals surface area contributed by atoms with Crippen molar-refractivity contribution < 1.29 is 9.53 Å². The molecule has 7 heteroatoms. The Balaban J connectivity index is 1.20. The molecule has 5 rings (SSSR count). The van der Waals surface area contributed by atoms with Gasteiger partial charge in [0.2, 0.25) is 0 Å². The van der Waals surface area contributed by atoms with Crippen LogP contribution in [0.2, 0.25) is 0 Å². The van der Waals surface area contributed by atoms with Crippen molar-refractivity contribution in [1.29, 1.82) is 0 Å². The number of hydrogen-bond donors (Lipinski definition) is 2. The molecule has 1 amide bonds. The van der Waals surface area contributed by atoms with Crippen molar-refractivity contribution in [1.82, 2.24) is 10.4 Å². The maximum atomic E-state index is 12.5. The van der Waals surface area contributed by atoms with E-state index in [-0.39, 0.29) is 12.0 Å². The number of para-hydroxylation sites is 1. The molecule has 164 valence electrons. The maximum absolute atomic E-state index is 12.5. The molecule has 2 N–H and O–H groups in total. The predicted octanol–water partition coefficient (Wildman–Crippen LogP) is 5.64. The number of benzene rings is 3. The topological polar surface area (TPSA) is 75.6 Å². The van der Waals surface area contributed by atoms with Crippen LogP contribution in [0.4, 0.5) is 10.8 Å². The summed E-state index contributed by atoms with van der Waals surface area (Å²) < 4.78 is 5.71. The summed E-state index contributed by atoms with van der Waals surface area (Å²) >= 11 is 1.54. The lowest BCUT2D eigenvalue weighted by atomic mass is 10.1. The van der Waals surface area contributed by atoms with Gasteiger partial charge in [-0.05, 0) is 60.5 Å². The Kier molecular flexibility index (Phi) is 5.87. The van der Waals surface area contributed by atoms with Gasteiger partial charge in [-0.2, -0.15) is 5.10 Å². The van der Waals surface area contributed by atoms with E-state index in [1.165, 1.54) is 11.3 Å². The SMILES string of the molecule is C[C@@H]1Cc2cc(/C=N/NC(=O)c3ccc(-c4csc(Nc5ccccc5)n4)cc3)ccc2O1. The zero-order valence-electron chi connectivity index (χ0n) is 18.0. The maximum Gasteiger partial charge on any atom is 0.271 e. The number of carbonyl (C=O) groups is 1. The number of carbonyl (C=O) groups excluding carboxylic acids is 1. The van der Waals surface area contributed by atoms with Crippen LogP contribution in [-0.2, 0) is 6.42 Å². The van der Waals surface area contributed by atoms with Crippen molar-refractivity contribution in [3.8, 4) is 17.0 Å². The summed E-state index contributed by atoms with van der Waals surface area (Å²) in [6.45, 7) is 2.05. The van der Waals surface area contributed by atoms with Gasteiger partial charge in [-0.25, -0.2) is 10.4 Å². The number of amides is 1. The molecule has 0 radical (unpaired) electrons. The second kappa shape index (κ2) is 9.26. The minimum absolute atomic E-state index is 0.200. The van der Waals surface area contributed by atoms with Gasteiger partial charge in [-0.15, -0.1) is 11.3 Å². The summed E-state index contributed by atoms with van der Waals surface area (Å²) in [5.41, 5.74) is 8.01. The van der Waals surface area contributed by atoms with Gasteiger partial charge in [0, 0.05) is 28.6 Å². The number of nitrogens with zero attached hydrogens (tertiary/aromatic N) is 2. The van der Waals surface area contributed by atoms with Crippen LogP contribution < -0.4 is 15.5 Å². The molecule has 1 atom stereocenters. The highest BCUT2D eigenvalue weighted by molar-refractivity contribution is 7.14. The molecule has 1 aliphatic rings. The molecule has 2 heterocycles. The summed E-state index contributed by atoms with van der Waals surface area (Å²) in [6.07, 6.45) is 2.73. The third kappa shape index (κ3) is 4.94. The summed E-state index contributed by atoms with van der Waals surface area (Å²) in [5.74, 6) is 0.660. The standard InChI is InChI=1S/C26H22N4O2S/c1-17-13-21-14-18(7-12-24(21)32-17)15-27-30-25(31)20-10-8-19(9-11-20)23-16-33-26(29-23)28-22-5-3-2-4-6-22/h2-12,14-17H,13H2,1H3,(H,28,29)(H,30,31)/b27-15+/t17-/m1/s1. The smallest absolute Gasteiger partial charge is 0.271 e. The number of hydrazone groups is 1. The molecule has 4 aromatic rings. The molecule has 33 heavy (non-hydrogen) atoms. The lowest BCUT2D eigenvalue weighted by Crippen LogP contribution is -2.17. The Morgan fingerprint density at radius 3 is 2.76 bits per heavy atom. The molecule has 0 fully saturated rings. The van der Waals surface area contributed by atoms with Crippen LogP contribution in [0.1, 0.15) is 28.4 Å². The first-order valence-corrected chi connectivity index (χ1v) is 11.5. The Hall–Kier alpha value is -3.97. The number of ether oxygens (including phenoxy) is 1. The first-order chi connectivity index (χ1) is 16.1. The average Bonchev–Trinajstić information content (AvgIpc) is 3.45. The first kappa shape index (κ1) is 20.9. The molecule has 0 unspecified atom stereocenters. The molecule has 1 aromatic heterocycles. The van der Waals surface area contributed by atoms with Crippen molar-refractivity contribution in [2.45, 2.75) is 19.4 Å². The Bertz CT molecular complexity index is 1300. The molecular formula is C26H22N4O2S. The van der Waals surface area contributed by atoms with Gasteiger partial charge in [0.05, 0.1) is 11.9 Å². The molecular weight excluding hydrogens is 432 g/mol. The minimum Gasteiger partial charge on any atom is -0.490 e. The molecule has 1 aliphatic heterocycles. The van der Waals surface area contributed by atoms with Crippen LogP contribution in [0.5, 0.6) is 5.75 Å². The van der Waals surface area contributed by atoms with E-state index < -0.39 is 0 Å². The van der Waals surface area contributed by atoms with Crippen LogP contribution in [0.15, 0.2) is 83.3 Å². The first-order valence-electron chi connectivity index (χ1n) is 10.6. The molecule has 6 nitrogen and oxygen atoms in total. The van der Waals surface area contributed by atoms with Gasteiger partial charge in [0.25, 0.3) is 5.91 Å². The van der Waals surface area contributed by atoms with Gasteiger partial charge in [-0.1, -0.05) is 30.3 Å². The molecule has 0 bridgehead atoms. The van der Waals surface area contributed by atoms with Gasteiger partial charge in [0.1, 0.15) is 11.9 Å². The van der Waals surface area contributed by atoms with Crippen LogP contribution in [0.25, 0.3) is 11.3 Å². The minimum atomic E-state index is -0.263. The van der Waals surface area contributed by atoms with E-state index in [9.17, 15) is 4.79 Å². The lowest BCUT2D eigenvalue weighted by molar-refractivity contribution is 0.0955. The molecule has 0 saturated heterocycles. The second-order valence-corrected chi connectivity index (χ2v) is 8.66. The Morgan fingerprint density at radius 1 is 1.12 bits per heavy atom. The van der Waals surface area contributed by atoms with Crippen LogP contribution >= 0.6 is 11.3 Å². The number of aromatic nitrogens is 1. The van der Waals surface area contributed by atoms with E-state index in [4.69, 9.17) is 4.74 Å². The highest BCUT2D eigenvalue weighted by Crippen LogP contribution is 2.29. The molecule has 3 aromatic carbocycles. The molecule has 0 saturated carbocycles. The van der Waals surface area contributed by atoms with Crippen molar-refractivity contribution in [3.05, 3.63) is 94.9 Å². The van der Waals surface area contributed by atoms with E-state index in [1.54, 1.807) is 18.3 Å². The lowest BCUT2D eigenvalue weighted by Gasteiger charge is -2.03. The van der Waals surface area contributed by atoms with Crippen LogP contribution in [0.3, 0.4) is 0 Å². The zero-order valence-corrected chi connectivity index (χ0v) is 18.8. The summed E-state index contributed by atoms with van der Waals surface area (Å²) in [4.78, 5) is 17.1. The van der Waals surface area contributed by atoms with Crippen molar-refractivity contribution in [3.63, 3.8) is 0 Å². The number of nitrogens with one attached hydrogen (secondary N) is 2. The highest BCUT2D eigenvalue weighted by atomic mass is 32.1. The summed E-state index contributed by atoms with van der Waals surface area (Å²) in [5, 5.41) is 10.2. The van der Waals surface area contributed by atoms with Gasteiger partial charge in [-0.3, -0.25) is 4.79 Å². The Labute approximate surface area is 196 Å². The fourth-order valence-corrected chi connectivity index (χ4v) is 4.39. The molecule has 0 spiro atoms. The van der Waals surface area contributed by atoms with E-state index in [1.807, 2.05) is 73.0 Å². The fourth-order valence-electron chi connectivity index (χ4n) is 3.65. The molecule has 0 aliphatic carbocycles. The number of fused-ring (bicyclic) bond motifs is 1. The summed E-state index contributed by atoms with van der Waals surface area (Å²) in [6, 6.07) is 23.2. The number of thiazole rings is 1. The highest BCUT2D eigenvalue weighted by Gasteiger charge is 2.18. The second-order valence-electron chi connectivity index (χ2n) is 7.81. The van der Waals surface area contributed by atoms with Gasteiger partial charge in [0.15, 0.2) is 5.13 Å². The van der Waals surface area contributed by atoms with Crippen molar-refractivity contribution in [2.75, 3.05) is 5.32 Å². The van der Waals surface area contributed by atoms with Gasteiger partial charge < -0.3 is 10.1 Å². The number of hydrogen-bond acceptors (Lipinski definition) is 6. The van der Waals surface area contributed by atoms with E-state index in [2.05, 4.69) is 20.8 Å². The number of anilines is 2. The third-order valence-electron chi connectivity index (χ3n) is 5.27. The van der Waals surface area contributed by atoms with Crippen LogP contribution in [0, 0.1) is 0 Å². The van der Waals surface area contributed by atoms with Crippen molar-refractivity contribution in [2.24, 2.45) is 5.10 Å². The Morgan fingerprint density at radius 2 is 1.94 bits per heavy atom. The van der Waals surface area contributed by atoms with E-state index in [0.717, 1.165) is 45.4 Å². The normalized spacial score (nSPS) is 14.6. The quantitative estimate of drug-likeness (QED) is 0.292. The summed E-state index contributed by atoms with van der Waals surface area (Å²) in [7, 11) is 0. The van der Waals surface area contributed by atoms with Crippen molar-refractivity contribution >= 4 is 34.3 Å². The van der Waals surface area contributed by atoms with Crippen LogP contribution in [-0.4, -0.2) is 23.2 Å². The zero-order chi connectivity index (χ0) is 22.6. The third-order valence-corrected chi connectivity index (χ3v) is 6.03. The fraction of sp³-hybridized carbons (Fsp3) is 0.115. The van der Waals surface area contributed by atoms with E-state index >= 15 is 0 Å². The average molecular weight is 455 g/mol. The largest absolute Gasteiger partial charge is 0.490 e. The predicted molar refractivity (Wildman–Crippen MR) is 133 cm³/mol. The van der Waals surface area contributed by atoms with Gasteiger partial charge >= 0.3 is 0 Å². The number of rotatable bonds is 6. The monoisotopic (exact) mass is 454 g/mol.